The number of carboxylic acid groups (broad SMARTS) is 1. The van der Waals surface area contributed by atoms with Crippen molar-refractivity contribution in [2.45, 2.75) is 19.8 Å². The molecule has 1 atom stereocenters. The van der Waals surface area contributed by atoms with E-state index in [4.69, 9.17) is 39.9 Å². The summed E-state index contributed by atoms with van der Waals surface area (Å²) < 4.78 is 0. The molecule has 1 N–H and O–H groups in total. The minimum atomic E-state index is -0.791. The van der Waals surface area contributed by atoms with Crippen molar-refractivity contribution in [3.8, 4) is 0 Å². The van der Waals surface area contributed by atoms with Gasteiger partial charge in [0.15, 0.2) is 0 Å². The quantitative estimate of drug-likeness (QED) is 0.674. The smallest absolute Gasteiger partial charge is 0.303 e. The van der Waals surface area contributed by atoms with Gasteiger partial charge in [0.1, 0.15) is 0 Å². The highest BCUT2D eigenvalue weighted by molar-refractivity contribution is 6.31. The second-order valence-electron chi connectivity index (χ2n) is 5.05. The third-order valence-corrected chi connectivity index (χ3v) is 3.90. The van der Waals surface area contributed by atoms with E-state index in [-0.39, 0.29) is 12.3 Å². The Morgan fingerprint density at radius 1 is 1.29 bits per heavy atom. The Bertz CT molecular complexity index is 462. The van der Waals surface area contributed by atoms with Crippen molar-refractivity contribution in [1.29, 1.82) is 0 Å². The molecule has 1 aromatic carbocycles. The molecule has 0 fully saturated rings. The molecular formula is C15H20Cl3NO2. The van der Waals surface area contributed by atoms with Crippen molar-refractivity contribution < 1.29 is 9.90 Å². The van der Waals surface area contributed by atoms with Gasteiger partial charge >= 0.3 is 5.97 Å². The molecule has 3 nitrogen and oxygen atoms in total. The SMILES string of the molecule is CC(CC(=O)O)Cc1cc(N(CCCl)CCCl)ccc1Cl. The van der Waals surface area contributed by atoms with Gasteiger partial charge in [0.2, 0.25) is 0 Å². The molecule has 1 aromatic rings. The predicted octanol–water partition coefficient (Wildman–Crippen LogP) is 4.28. The summed E-state index contributed by atoms with van der Waals surface area (Å²) in [6, 6.07) is 5.78. The Labute approximate surface area is 140 Å². The fourth-order valence-electron chi connectivity index (χ4n) is 2.23. The minimum Gasteiger partial charge on any atom is -0.481 e. The largest absolute Gasteiger partial charge is 0.481 e. The first-order valence-electron chi connectivity index (χ1n) is 6.85. The highest BCUT2D eigenvalue weighted by Crippen LogP contribution is 2.26. The number of hydrogen-bond donors (Lipinski definition) is 1. The molecule has 0 heterocycles. The molecule has 1 rings (SSSR count). The molecule has 0 saturated carbocycles. The molecule has 0 saturated heterocycles. The van der Waals surface area contributed by atoms with Gasteiger partial charge in [0, 0.05) is 42.0 Å². The number of rotatable bonds is 9. The van der Waals surface area contributed by atoms with E-state index in [0.717, 1.165) is 11.3 Å². The summed E-state index contributed by atoms with van der Waals surface area (Å²) >= 11 is 17.9. The Hall–Kier alpha value is -0.640. The van der Waals surface area contributed by atoms with Crippen molar-refractivity contribution in [1.82, 2.24) is 0 Å². The molecule has 0 bridgehead atoms. The number of nitrogens with zero attached hydrogens (tertiary/aromatic N) is 1. The lowest BCUT2D eigenvalue weighted by atomic mass is 9.97. The zero-order valence-corrected chi connectivity index (χ0v) is 14.3. The minimum absolute atomic E-state index is 0.0322. The van der Waals surface area contributed by atoms with Crippen molar-refractivity contribution in [2.75, 3.05) is 29.7 Å². The van der Waals surface area contributed by atoms with E-state index in [1.54, 1.807) is 0 Å². The fraction of sp³-hybridized carbons (Fsp3) is 0.533. The Morgan fingerprint density at radius 2 is 1.90 bits per heavy atom. The van der Waals surface area contributed by atoms with Gasteiger partial charge in [0.25, 0.3) is 0 Å². The van der Waals surface area contributed by atoms with Crippen LogP contribution in [-0.4, -0.2) is 35.9 Å². The summed E-state index contributed by atoms with van der Waals surface area (Å²) in [5.74, 6) is 0.277. The maximum Gasteiger partial charge on any atom is 0.303 e. The lowest BCUT2D eigenvalue weighted by Crippen LogP contribution is -2.27. The Kier molecular flexibility index (Phi) is 8.23. The van der Waals surface area contributed by atoms with Crippen LogP contribution in [0.1, 0.15) is 18.9 Å². The van der Waals surface area contributed by atoms with Crippen molar-refractivity contribution >= 4 is 46.5 Å². The van der Waals surface area contributed by atoms with Crippen LogP contribution in [0.15, 0.2) is 18.2 Å². The van der Waals surface area contributed by atoms with Gasteiger partial charge in [-0.15, -0.1) is 23.2 Å². The summed E-state index contributed by atoms with van der Waals surface area (Å²) in [6.45, 7) is 3.33. The molecule has 0 spiro atoms. The highest BCUT2D eigenvalue weighted by Gasteiger charge is 2.13. The van der Waals surface area contributed by atoms with Crippen molar-refractivity contribution in [3.63, 3.8) is 0 Å². The normalized spacial score (nSPS) is 12.2. The molecular weight excluding hydrogens is 333 g/mol. The highest BCUT2D eigenvalue weighted by atomic mass is 35.5. The number of hydrogen-bond acceptors (Lipinski definition) is 2. The van der Waals surface area contributed by atoms with Gasteiger partial charge in [-0.2, -0.15) is 0 Å². The number of halogens is 3. The van der Waals surface area contributed by atoms with Crippen LogP contribution >= 0.6 is 34.8 Å². The molecule has 0 radical (unpaired) electrons. The first kappa shape index (κ1) is 18.4. The zero-order valence-electron chi connectivity index (χ0n) is 12.0. The first-order valence-corrected chi connectivity index (χ1v) is 8.29. The molecule has 0 aliphatic rings. The molecule has 0 aliphatic carbocycles. The third-order valence-electron chi connectivity index (χ3n) is 3.19. The van der Waals surface area contributed by atoms with Gasteiger partial charge in [-0.3, -0.25) is 4.79 Å². The van der Waals surface area contributed by atoms with Crippen LogP contribution in [0, 0.1) is 5.92 Å². The number of carbonyl (C=O) groups is 1. The van der Waals surface area contributed by atoms with Crippen molar-refractivity contribution in [3.05, 3.63) is 28.8 Å². The van der Waals surface area contributed by atoms with Crippen LogP contribution in [-0.2, 0) is 11.2 Å². The maximum atomic E-state index is 10.8. The summed E-state index contributed by atoms with van der Waals surface area (Å²) in [4.78, 5) is 12.9. The first-order chi connectivity index (χ1) is 9.97. The van der Waals surface area contributed by atoms with Crippen molar-refractivity contribution in [2.24, 2.45) is 5.92 Å². The van der Waals surface area contributed by atoms with E-state index in [1.807, 2.05) is 25.1 Å². The summed E-state index contributed by atoms with van der Waals surface area (Å²) in [5.41, 5.74) is 1.97. The van der Waals surface area contributed by atoms with Crippen LogP contribution in [0.4, 0.5) is 5.69 Å². The van der Waals surface area contributed by atoms with Crippen LogP contribution < -0.4 is 4.90 Å². The third kappa shape index (κ3) is 6.33. The number of aliphatic carboxylic acids is 1. The number of alkyl halides is 2. The number of benzene rings is 1. The molecule has 6 heteroatoms. The van der Waals surface area contributed by atoms with E-state index in [2.05, 4.69) is 4.90 Å². The average molecular weight is 353 g/mol. The van der Waals surface area contributed by atoms with Gasteiger partial charge in [-0.1, -0.05) is 18.5 Å². The van der Waals surface area contributed by atoms with Gasteiger partial charge in [-0.05, 0) is 36.1 Å². The summed E-state index contributed by atoms with van der Waals surface area (Å²) in [5, 5.41) is 9.50. The van der Waals surface area contributed by atoms with Crippen LogP contribution in [0.3, 0.4) is 0 Å². The molecule has 0 aliphatic heterocycles. The second kappa shape index (κ2) is 9.39. The number of anilines is 1. The van der Waals surface area contributed by atoms with E-state index >= 15 is 0 Å². The monoisotopic (exact) mass is 351 g/mol. The zero-order chi connectivity index (χ0) is 15.8. The molecule has 0 amide bonds. The van der Waals surface area contributed by atoms with E-state index in [9.17, 15) is 4.79 Å². The van der Waals surface area contributed by atoms with Gasteiger partial charge in [-0.25, -0.2) is 0 Å². The van der Waals surface area contributed by atoms with E-state index < -0.39 is 5.97 Å². The summed E-state index contributed by atoms with van der Waals surface area (Å²) in [7, 11) is 0. The van der Waals surface area contributed by atoms with E-state index in [0.29, 0.717) is 36.3 Å². The van der Waals surface area contributed by atoms with Crippen LogP contribution in [0.2, 0.25) is 5.02 Å². The Morgan fingerprint density at radius 3 is 2.43 bits per heavy atom. The summed E-state index contributed by atoms with van der Waals surface area (Å²) in [6.07, 6.45) is 0.766. The molecule has 0 aromatic heterocycles. The van der Waals surface area contributed by atoms with Crippen LogP contribution in [0.25, 0.3) is 0 Å². The van der Waals surface area contributed by atoms with E-state index in [1.165, 1.54) is 0 Å². The Balaban J connectivity index is 2.89. The maximum absolute atomic E-state index is 10.8. The van der Waals surface area contributed by atoms with Crippen LogP contribution in [0.5, 0.6) is 0 Å². The standard InChI is InChI=1S/C15H20Cl3NO2/c1-11(9-15(20)21)8-12-10-13(2-3-14(12)18)19(6-4-16)7-5-17/h2-3,10-11H,4-9H2,1H3,(H,20,21). The second-order valence-corrected chi connectivity index (χ2v) is 6.21. The molecule has 118 valence electrons. The van der Waals surface area contributed by atoms with Gasteiger partial charge < -0.3 is 10.0 Å². The van der Waals surface area contributed by atoms with Gasteiger partial charge in [0.05, 0.1) is 0 Å². The average Bonchev–Trinajstić information content (AvgIpc) is 2.40. The lowest BCUT2D eigenvalue weighted by Gasteiger charge is -2.24. The molecule has 1 unspecified atom stereocenters. The topological polar surface area (TPSA) is 40.5 Å². The lowest BCUT2D eigenvalue weighted by molar-refractivity contribution is -0.137. The number of carboxylic acids is 1. The fourth-order valence-corrected chi connectivity index (χ4v) is 2.84. The predicted molar refractivity (Wildman–Crippen MR) is 90.2 cm³/mol. The molecule has 21 heavy (non-hydrogen) atoms.